The number of carbonyl (C=O) groups excluding carboxylic acids is 1. The van der Waals surface area contributed by atoms with Crippen LogP contribution in [0.1, 0.15) is 31.9 Å². The first-order chi connectivity index (χ1) is 15.3. The fourth-order valence-electron chi connectivity index (χ4n) is 2.18. The highest BCUT2D eigenvalue weighted by Gasteiger charge is 2.18. The number of aryl methyl sites for hydroxylation is 2. The zero-order chi connectivity index (χ0) is 25.9. The lowest BCUT2D eigenvalue weighted by Gasteiger charge is -2.11. The van der Waals surface area contributed by atoms with Crippen molar-refractivity contribution in [3.63, 3.8) is 0 Å². The minimum Gasteiger partial charge on any atom is -0.348 e. The summed E-state index contributed by atoms with van der Waals surface area (Å²) in [6, 6.07) is 8.06. The average Bonchev–Trinajstić information content (AvgIpc) is 3.10. The molecule has 2 heterocycles. The third-order valence-corrected chi connectivity index (χ3v) is 3.31. The van der Waals surface area contributed by atoms with Crippen LogP contribution in [0.25, 0.3) is 16.9 Å². The standard InChI is InChI=1S/C19H21N3O/c1-13-5-8-15(9-6-13)19-16(11-18(23)21(3)4)22-12-14(2)7-10-17(22)20-19/h5-10,12H,11H2,1-4H3/i1D3,2D3,3D3,11D2. The lowest BCUT2D eigenvalue weighted by atomic mass is 10.1. The first-order valence-corrected chi connectivity index (χ1v) is 6.77. The molecule has 4 nitrogen and oxygen atoms in total. The van der Waals surface area contributed by atoms with Gasteiger partial charge < -0.3 is 9.30 Å². The molecule has 0 spiro atoms. The summed E-state index contributed by atoms with van der Waals surface area (Å²) >= 11 is 0. The van der Waals surface area contributed by atoms with E-state index in [9.17, 15) is 4.79 Å². The van der Waals surface area contributed by atoms with E-state index in [1.165, 1.54) is 36.4 Å². The zero-order valence-corrected chi connectivity index (χ0v) is 12.3. The van der Waals surface area contributed by atoms with Gasteiger partial charge in [0.25, 0.3) is 0 Å². The maximum absolute atomic E-state index is 13.0. The van der Waals surface area contributed by atoms with Crippen LogP contribution in [0.3, 0.4) is 0 Å². The second kappa shape index (κ2) is 5.88. The summed E-state index contributed by atoms with van der Waals surface area (Å²) in [6.07, 6.45) is -1.81. The van der Waals surface area contributed by atoms with Gasteiger partial charge in [-0.25, -0.2) is 4.98 Å². The quantitative estimate of drug-likeness (QED) is 0.743. The summed E-state index contributed by atoms with van der Waals surface area (Å²) in [7, 11) is 0.940. The van der Waals surface area contributed by atoms with Gasteiger partial charge >= 0.3 is 0 Å². The molecule has 0 fully saturated rings. The molecule has 0 radical (unpaired) electrons. The first kappa shape index (κ1) is 6.87. The second-order valence-corrected chi connectivity index (χ2v) is 5.02. The fraction of sp³-hybridized carbons (Fsp3) is 0.263. The Morgan fingerprint density at radius 2 is 1.96 bits per heavy atom. The number of pyridine rings is 1. The van der Waals surface area contributed by atoms with Crippen LogP contribution < -0.4 is 0 Å². The molecule has 118 valence electrons. The molecular weight excluding hydrogens is 286 g/mol. The molecule has 0 saturated carbocycles. The van der Waals surface area contributed by atoms with Gasteiger partial charge in [-0.2, -0.15) is 0 Å². The van der Waals surface area contributed by atoms with Gasteiger partial charge in [0.05, 0.1) is 17.8 Å². The summed E-state index contributed by atoms with van der Waals surface area (Å²) in [4.78, 5) is 17.6. The van der Waals surface area contributed by atoms with Crippen LogP contribution in [-0.4, -0.2) is 34.2 Å². The summed E-state index contributed by atoms with van der Waals surface area (Å²) < 4.78 is 86.2. The fourth-order valence-corrected chi connectivity index (χ4v) is 2.18. The molecule has 3 aromatic rings. The molecule has 0 atom stereocenters. The largest absolute Gasteiger partial charge is 0.348 e. The number of rotatable bonds is 3. The molecule has 0 unspecified atom stereocenters. The highest BCUT2D eigenvalue weighted by molar-refractivity contribution is 5.81. The highest BCUT2D eigenvalue weighted by atomic mass is 16.2. The van der Waals surface area contributed by atoms with Gasteiger partial charge in [0.1, 0.15) is 5.65 Å². The highest BCUT2D eigenvalue weighted by Crippen LogP contribution is 2.26. The lowest BCUT2D eigenvalue weighted by molar-refractivity contribution is -0.128. The maximum atomic E-state index is 13.0. The van der Waals surface area contributed by atoms with Crippen LogP contribution >= 0.6 is 0 Å². The number of fused-ring (bicyclic) bond motifs is 1. The summed E-state index contributed by atoms with van der Waals surface area (Å²) in [5, 5.41) is 0. The Balaban J connectivity index is 2.31. The van der Waals surface area contributed by atoms with Crippen molar-refractivity contribution >= 4 is 11.6 Å². The lowest BCUT2D eigenvalue weighted by Crippen LogP contribution is -2.24. The Labute approximate surface area is 151 Å². The number of hydrogen-bond donors (Lipinski definition) is 0. The van der Waals surface area contributed by atoms with Crippen LogP contribution in [0.2, 0.25) is 0 Å². The number of aromatic nitrogens is 2. The van der Waals surface area contributed by atoms with Crippen LogP contribution in [0.15, 0.2) is 42.6 Å². The smallest absolute Gasteiger partial charge is 0.228 e. The molecule has 0 aliphatic carbocycles. The molecular formula is C19H21N3O. The van der Waals surface area contributed by atoms with E-state index < -0.39 is 33.0 Å². The molecule has 4 heteroatoms. The van der Waals surface area contributed by atoms with E-state index in [-0.39, 0.29) is 33.7 Å². The van der Waals surface area contributed by atoms with Crippen LogP contribution in [-0.2, 0) is 11.2 Å². The van der Waals surface area contributed by atoms with Crippen molar-refractivity contribution in [2.45, 2.75) is 20.1 Å². The van der Waals surface area contributed by atoms with Gasteiger partial charge in [-0.1, -0.05) is 35.9 Å². The Morgan fingerprint density at radius 1 is 1.22 bits per heavy atom. The average molecular weight is 318 g/mol. The van der Waals surface area contributed by atoms with E-state index in [2.05, 4.69) is 4.98 Å². The second-order valence-electron chi connectivity index (χ2n) is 5.02. The van der Waals surface area contributed by atoms with Crippen molar-refractivity contribution in [2.75, 3.05) is 14.0 Å². The number of amides is 1. The molecule has 0 aliphatic rings. The SMILES string of the molecule is [2H]C([2H])([2H])c1ccc(-c2nc3ccc(C([2H])([2H])[2H])cn3c2C([2H])([2H])C(=O)N(C)C([2H])([2H])[2H])cc1. The molecule has 2 aromatic heterocycles. The molecule has 1 amide bonds. The molecule has 0 aliphatic heterocycles. The van der Waals surface area contributed by atoms with E-state index in [0.717, 1.165) is 17.6 Å². The normalized spacial score (nSPS) is 20.3. The van der Waals surface area contributed by atoms with Gasteiger partial charge in [0, 0.05) is 40.9 Å². The topological polar surface area (TPSA) is 37.6 Å². The number of hydrogen-bond acceptors (Lipinski definition) is 2. The minimum atomic E-state index is -2.94. The maximum Gasteiger partial charge on any atom is 0.228 e. The summed E-state index contributed by atoms with van der Waals surface area (Å²) in [6.45, 7) is -7.83. The van der Waals surface area contributed by atoms with Gasteiger partial charge in [0.2, 0.25) is 5.91 Å². The van der Waals surface area contributed by atoms with Crippen LogP contribution in [0.4, 0.5) is 0 Å². The Hall–Kier alpha value is -2.62. The first-order valence-electron chi connectivity index (χ1n) is 12.3. The predicted molar refractivity (Wildman–Crippen MR) is 92.5 cm³/mol. The van der Waals surface area contributed by atoms with E-state index in [4.69, 9.17) is 15.1 Å². The van der Waals surface area contributed by atoms with Gasteiger partial charge in [0.15, 0.2) is 0 Å². The number of imidazole rings is 1. The van der Waals surface area contributed by atoms with Crippen molar-refractivity contribution in [1.82, 2.24) is 14.3 Å². The third-order valence-electron chi connectivity index (χ3n) is 3.31. The molecule has 3 rings (SSSR count). The van der Waals surface area contributed by atoms with Gasteiger partial charge in [-0.3, -0.25) is 4.79 Å². The van der Waals surface area contributed by atoms with Crippen molar-refractivity contribution in [3.05, 3.63) is 59.4 Å². The molecule has 0 bridgehead atoms. The van der Waals surface area contributed by atoms with Gasteiger partial charge in [-0.15, -0.1) is 0 Å². The number of benzene rings is 1. The number of carbonyl (C=O) groups is 1. The third kappa shape index (κ3) is 2.97. The predicted octanol–water partition coefficient (Wildman–Crippen LogP) is 3.25. The Bertz CT molecular complexity index is 1220. The van der Waals surface area contributed by atoms with Crippen molar-refractivity contribution in [1.29, 1.82) is 0 Å². The molecule has 0 N–H and O–H groups in total. The van der Waals surface area contributed by atoms with Crippen LogP contribution in [0.5, 0.6) is 0 Å². The summed E-state index contributed by atoms with van der Waals surface area (Å²) in [5.74, 6) is -1.38. The molecule has 1 aromatic carbocycles. The van der Waals surface area contributed by atoms with Crippen LogP contribution in [0, 0.1) is 13.7 Å². The van der Waals surface area contributed by atoms with E-state index in [1.54, 1.807) is 0 Å². The monoisotopic (exact) mass is 318 g/mol. The van der Waals surface area contributed by atoms with Crippen molar-refractivity contribution < 1.29 is 19.9 Å². The van der Waals surface area contributed by atoms with E-state index >= 15 is 0 Å². The van der Waals surface area contributed by atoms with E-state index in [0.29, 0.717) is 4.90 Å². The Kier molecular flexibility index (Phi) is 1.76. The van der Waals surface area contributed by atoms with E-state index in [1.807, 2.05) is 0 Å². The number of nitrogens with zero attached hydrogens (tertiary/aromatic N) is 3. The minimum absolute atomic E-state index is 0.0347. The Morgan fingerprint density at radius 3 is 2.65 bits per heavy atom. The molecule has 23 heavy (non-hydrogen) atoms. The van der Waals surface area contributed by atoms with Gasteiger partial charge in [-0.05, 0) is 25.3 Å². The summed E-state index contributed by atoms with van der Waals surface area (Å²) in [5.41, 5.74) is -0.169. The number of likely N-dealkylation sites (N-methyl/N-ethyl adjacent to an activating group) is 1. The van der Waals surface area contributed by atoms with Crippen molar-refractivity contribution in [3.8, 4) is 11.3 Å². The zero-order valence-electron chi connectivity index (χ0n) is 23.3. The van der Waals surface area contributed by atoms with Crippen molar-refractivity contribution in [2.24, 2.45) is 0 Å². The molecule has 0 saturated heterocycles.